The first-order valence-electron chi connectivity index (χ1n) is 7.48. The van der Waals surface area contributed by atoms with Gasteiger partial charge < -0.3 is 19.5 Å². The van der Waals surface area contributed by atoms with E-state index in [1.165, 1.54) is 17.4 Å². The van der Waals surface area contributed by atoms with Gasteiger partial charge in [0.15, 0.2) is 16.3 Å². The number of para-hydroxylation sites is 1. The van der Waals surface area contributed by atoms with Crippen LogP contribution in [0.25, 0.3) is 11.3 Å². The molecule has 0 aliphatic rings. The number of aromatic nitrogens is 1. The molecule has 0 bridgehead atoms. The van der Waals surface area contributed by atoms with Crippen molar-refractivity contribution in [3.8, 4) is 22.8 Å². The van der Waals surface area contributed by atoms with E-state index in [0.717, 1.165) is 21.7 Å². The minimum atomic E-state index is -0.140. The van der Waals surface area contributed by atoms with Gasteiger partial charge in [-0.3, -0.25) is 0 Å². The van der Waals surface area contributed by atoms with Crippen LogP contribution in [-0.4, -0.2) is 28.5 Å². The Morgan fingerprint density at radius 2 is 1.88 bits per heavy atom. The Morgan fingerprint density at radius 1 is 1.08 bits per heavy atom. The number of hydrogen-bond acceptors (Lipinski definition) is 5. The van der Waals surface area contributed by atoms with Gasteiger partial charge in [0.25, 0.3) is 0 Å². The Bertz CT molecular complexity index is 885. The highest BCUT2D eigenvalue weighted by molar-refractivity contribution is 7.07. The van der Waals surface area contributed by atoms with Crippen molar-refractivity contribution >= 4 is 17.0 Å². The zero-order chi connectivity index (χ0) is 16.9. The third-order valence-corrected chi connectivity index (χ3v) is 4.43. The fourth-order valence-corrected chi connectivity index (χ4v) is 3.30. The van der Waals surface area contributed by atoms with Crippen LogP contribution >= 0.6 is 11.3 Å². The second-order valence-electron chi connectivity index (χ2n) is 5.20. The molecule has 5 nitrogen and oxygen atoms in total. The van der Waals surface area contributed by atoms with Crippen LogP contribution in [-0.2, 0) is 11.3 Å². The maximum atomic E-state index is 9.77. The number of methoxy groups -OCH3 is 1. The Morgan fingerprint density at radius 3 is 2.58 bits per heavy atom. The van der Waals surface area contributed by atoms with Gasteiger partial charge >= 0.3 is 0 Å². The van der Waals surface area contributed by atoms with Crippen LogP contribution in [0, 0.1) is 0 Å². The van der Waals surface area contributed by atoms with Crippen molar-refractivity contribution in [1.82, 2.24) is 4.57 Å². The molecule has 0 spiro atoms. The molecule has 3 aromatic rings. The maximum Gasteiger partial charge on any atom is 0.190 e. The Balaban J connectivity index is 2.10. The molecule has 0 radical (unpaired) electrons. The van der Waals surface area contributed by atoms with Crippen LogP contribution in [0.2, 0.25) is 0 Å². The summed E-state index contributed by atoms with van der Waals surface area (Å²) in [7, 11) is 1.66. The molecule has 1 heterocycles. The molecule has 24 heavy (non-hydrogen) atoms. The van der Waals surface area contributed by atoms with E-state index in [-0.39, 0.29) is 11.5 Å². The topological polar surface area (TPSA) is 67.0 Å². The van der Waals surface area contributed by atoms with Crippen LogP contribution in [0.3, 0.4) is 0 Å². The molecule has 6 heteroatoms. The van der Waals surface area contributed by atoms with Crippen molar-refractivity contribution in [3.05, 3.63) is 58.7 Å². The van der Waals surface area contributed by atoms with Gasteiger partial charge in [0.2, 0.25) is 0 Å². The number of aromatic hydroxyl groups is 2. The molecule has 2 aromatic carbocycles. The van der Waals surface area contributed by atoms with E-state index in [1.54, 1.807) is 19.2 Å². The maximum absolute atomic E-state index is 9.77. The lowest BCUT2D eigenvalue weighted by molar-refractivity contribution is 0.187. The molecule has 124 valence electrons. The molecule has 1 aromatic heterocycles. The molecule has 3 rings (SSSR count). The van der Waals surface area contributed by atoms with Crippen LogP contribution in [0.5, 0.6) is 11.5 Å². The molecule has 0 aliphatic carbocycles. The Hall–Kier alpha value is -2.57. The van der Waals surface area contributed by atoms with Crippen LogP contribution in [0.15, 0.2) is 58.9 Å². The minimum Gasteiger partial charge on any atom is -0.504 e. The largest absolute Gasteiger partial charge is 0.504 e. The third kappa shape index (κ3) is 3.50. The molecule has 0 atom stereocenters. The van der Waals surface area contributed by atoms with Crippen molar-refractivity contribution in [2.75, 3.05) is 13.7 Å². The molecule has 0 saturated carbocycles. The fraction of sp³-hybridized carbons (Fsp3) is 0.167. The molecule has 0 amide bonds. The monoisotopic (exact) mass is 342 g/mol. The highest BCUT2D eigenvalue weighted by Crippen LogP contribution is 2.30. The van der Waals surface area contributed by atoms with Gasteiger partial charge in [0.1, 0.15) is 0 Å². The summed E-state index contributed by atoms with van der Waals surface area (Å²) in [6.45, 7) is 1.19. The molecular formula is C18H18N2O3S. The zero-order valence-corrected chi connectivity index (χ0v) is 14.0. The van der Waals surface area contributed by atoms with Gasteiger partial charge in [-0.25, -0.2) is 4.99 Å². The molecule has 0 saturated heterocycles. The van der Waals surface area contributed by atoms with E-state index >= 15 is 0 Å². The van der Waals surface area contributed by atoms with E-state index in [9.17, 15) is 10.2 Å². The second kappa shape index (κ2) is 7.33. The van der Waals surface area contributed by atoms with E-state index in [2.05, 4.69) is 0 Å². The number of benzene rings is 2. The number of phenolic OH excluding ortho intramolecular Hbond substituents is 2. The molecule has 0 aliphatic heterocycles. The predicted molar refractivity (Wildman–Crippen MR) is 94.6 cm³/mol. The number of thiazole rings is 1. The molecular weight excluding hydrogens is 324 g/mol. The lowest BCUT2D eigenvalue weighted by Gasteiger charge is -2.09. The summed E-state index contributed by atoms with van der Waals surface area (Å²) in [6, 6.07) is 14.6. The van der Waals surface area contributed by atoms with Crippen molar-refractivity contribution in [3.63, 3.8) is 0 Å². The number of nitrogens with zero attached hydrogens (tertiary/aromatic N) is 2. The van der Waals surface area contributed by atoms with E-state index < -0.39 is 0 Å². The predicted octanol–water partition coefficient (Wildman–Crippen LogP) is 3.51. The SMILES string of the molecule is COCCn1c(-c2ccc(O)c(O)c2)csc1=Nc1ccccc1. The van der Waals surface area contributed by atoms with Crippen molar-refractivity contribution in [2.45, 2.75) is 6.54 Å². The van der Waals surface area contributed by atoms with E-state index in [0.29, 0.717) is 13.2 Å². The Labute approximate surface area is 143 Å². The smallest absolute Gasteiger partial charge is 0.190 e. The summed E-state index contributed by atoms with van der Waals surface area (Å²) in [6.07, 6.45) is 0. The van der Waals surface area contributed by atoms with Crippen molar-refractivity contribution < 1.29 is 14.9 Å². The summed E-state index contributed by atoms with van der Waals surface area (Å²) in [5, 5.41) is 21.3. The van der Waals surface area contributed by atoms with Gasteiger partial charge in [-0.15, -0.1) is 11.3 Å². The van der Waals surface area contributed by atoms with Crippen LogP contribution in [0.4, 0.5) is 5.69 Å². The first kappa shape index (κ1) is 16.3. The average molecular weight is 342 g/mol. The first-order chi connectivity index (χ1) is 11.7. The first-order valence-corrected chi connectivity index (χ1v) is 8.36. The third-order valence-electron chi connectivity index (χ3n) is 3.57. The van der Waals surface area contributed by atoms with Gasteiger partial charge in [-0.1, -0.05) is 18.2 Å². The fourth-order valence-electron chi connectivity index (χ4n) is 2.34. The summed E-state index contributed by atoms with van der Waals surface area (Å²) >= 11 is 1.52. The van der Waals surface area contributed by atoms with Crippen LogP contribution in [0.1, 0.15) is 0 Å². The molecule has 0 unspecified atom stereocenters. The van der Waals surface area contributed by atoms with E-state index in [4.69, 9.17) is 9.73 Å². The second-order valence-corrected chi connectivity index (χ2v) is 6.04. The lowest BCUT2D eigenvalue weighted by Crippen LogP contribution is -2.18. The quantitative estimate of drug-likeness (QED) is 0.697. The van der Waals surface area contributed by atoms with Crippen LogP contribution < -0.4 is 4.80 Å². The van der Waals surface area contributed by atoms with Gasteiger partial charge in [0.05, 0.1) is 18.0 Å². The summed E-state index contributed by atoms with van der Waals surface area (Å²) in [4.78, 5) is 5.54. The zero-order valence-electron chi connectivity index (χ0n) is 13.2. The summed E-state index contributed by atoms with van der Waals surface area (Å²) in [5.74, 6) is -0.273. The van der Waals surface area contributed by atoms with Crippen molar-refractivity contribution in [2.24, 2.45) is 4.99 Å². The molecule has 2 N–H and O–H groups in total. The lowest BCUT2D eigenvalue weighted by atomic mass is 10.1. The number of hydrogen-bond donors (Lipinski definition) is 2. The Kier molecular flexibility index (Phi) is 4.98. The summed E-state index contributed by atoms with van der Waals surface area (Å²) in [5.41, 5.74) is 2.61. The van der Waals surface area contributed by atoms with Gasteiger partial charge in [-0.2, -0.15) is 0 Å². The summed E-state index contributed by atoms with van der Waals surface area (Å²) < 4.78 is 7.26. The normalized spacial score (nSPS) is 11.8. The van der Waals surface area contributed by atoms with Gasteiger partial charge in [0, 0.05) is 24.6 Å². The highest BCUT2D eigenvalue weighted by Gasteiger charge is 2.10. The molecule has 0 fully saturated rings. The number of rotatable bonds is 5. The number of ether oxygens (including phenoxy) is 1. The average Bonchev–Trinajstić information content (AvgIpc) is 2.99. The standard InChI is InChI=1S/C18H18N2O3S/c1-23-10-9-20-15(13-7-8-16(21)17(22)11-13)12-24-18(20)19-14-5-3-2-4-6-14/h2-8,11-12,21-22H,9-10H2,1H3. The van der Waals surface area contributed by atoms with Crippen molar-refractivity contribution in [1.29, 1.82) is 0 Å². The highest BCUT2D eigenvalue weighted by atomic mass is 32.1. The van der Waals surface area contributed by atoms with Gasteiger partial charge in [-0.05, 0) is 30.3 Å². The number of phenols is 2. The van der Waals surface area contributed by atoms with E-state index in [1.807, 2.05) is 40.3 Å². The minimum absolute atomic E-state index is 0.133.